The topological polar surface area (TPSA) is 52.0 Å². The summed E-state index contributed by atoms with van der Waals surface area (Å²) in [7, 11) is 3.36. The molecule has 0 aliphatic heterocycles. The molecule has 0 aromatic carbocycles. The SMILES string of the molecule is CCNC(c1ncccc1F)c1c(OC)cnn1C. The lowest BCUT2D eigenvalue weighted by Gasteiger charge is -2.19. The number of aromatic nitrogens is 3. The fourth-order valence-electron chi connectivity index (χ4n) is 2.05. The highest BCUT2D eigenvalue weighted by molar-refractivity contribution is 5.34. The molecule has 0 aliphatic rings. The first-order valence-electron chi connectivity index (χ1n) is 6.08. The van der Waals surface area contributed by atoms with E-state index in [-0.39, 0.29) is 5.82 Å². The van der Waals surface area contributed by atoms with Crippen molar-refractivity contribution in [1.82, 2.24) is 20.1 Å². The summed E-state index contributed by atoms with van der Waals surface area (Å²) in [5.41, 5.74) is 1.09. The summed E-state index contributed by atoms with van der Waals surface area (Å²) in [6.07, 6.45) is 3.19. The third-order valence-electron chi connectivity index (χ3n) is 2.91. The zero-order valence-corrected chi connectivity index (χ0v) is 11.2. The summed E-state index contributed by atoms with van der Waals surface area (Å²) in [6, 6.07) is 2.58. The molecule has 0 radical (unpaired) electrons. The van der Waals surface area contributed by atoms with Crippen molar-refractivity contribution >= 4 is 0 Å². The first-order valence-corrected chi connectivity index (χ1v) is 6.08. The van der Waals surface area contributed by atoms with Crippen molar-refractivity contribution in [3.63, 3.8) is 0 Å². The van der Waals surface area contributed by atoms with Gasteiger partial charge in [0.2, 0.25) is 0 Å². The van der Waals surface area contributed by atoms with Crippen molar-refractivity contribution in [2.24, 2.45) is 7.05 Å². The van der Waals surface area contributed by atoms with E-state index < -0.39 is 6.04 Å². The van der Waals surface area contributed by atoms with E-state index in [4.69, 9.17) is 4.74 Å². The number of rotatable bonds is 5. The third-order valence-corrected chi connectivity index (χ3v) is 2.91. The normalized spacial score (nSPS) is 12.4. The molecule has 0 fully saturated rings. The monoisotopic (exact) mass is 264 g/mol. The molecular weight excluding hydrogens is 247 g/mol. The van der Waals surface area contributed by atoms with Crippen LogP contribution in [0.15, 0.2) is 24.5 Å². The molecule has 0 bridgehead atoms. The molecule has 0 saturated heterocycles. The first-order chi connectivity index (χ1) is 9.19. The van der Waals surface area contributed by atoms with Gasteiger partial charge in [-0.3, -0.25) is 9.67 Å². The average molecular weight is 264 g/mol. The average Bonchev–Trinajstić information content (AvgIpc) is 2.78. The van der Waals surface area contributed by atoms with Gasteiger partial charge in [0.05, 0.1) is 25.0 Å². The Morgan fingerprint density at radius 2 is 2.32 bits per heavy atom. The van der Waals surface area contributed by atoms with E-state index >= 15 is 0 Å². The minimum Gasteiger partial charge on any atom is -0.493 e. The van der Waals surface area contributed by atoms with Crippen LogP contribution in [-0.4, -0.2) is 28.4 Å². The van der Waals surface area contributed by atoms with Gasteiger partial charge < -0.3 is 10.1 Å². The minimum absolute atomic E-state index is 0.339. The maximum Gasteiger partial charge on any atom is 0.161 e. The van der Waals surface area contributed by atoms with Crippen molar-refractivity contribution in [3.8, 4) is 5.75 Å². The molecule has 2 aromatic rings. The molecule has 0 amide bonds. The van der Waals surface area contributed by atoms with E-state index in [0.29, 0.717) is 18.0 Å². The smallest absolute Gasteiger partial charge is 0.161 e. The minimum atomic E-state index is -0.395. The number of ether oxygens (including phenoxy) is 1. The summed E-state index contributed by atoms with van der Waals surface area (Å²) in [5, 5.41) is 7.36. The molecule has 0 spiro atoms. The Morgan fingerprint density at radius 1 is 1.53 bits per heavy atom. The molecule has 19 heavy (non-hydrogen) atoms. The number of pyridine rings is 1. The van der Waals surface area contributed by atoms with Crippen molar-refractivity contribution in [3.05, 3.63) is 41.7 Å². The van der Waals surface area contributed by atoms with Crippen molar-refractivity contribution in [2.45, 2.75) is 13.0 Å². The molecule has 0 saturated carbocycles. The van der Waals surface area contributed by atoms with Crippen LogP contribution in [-0.2, 0) is 7.05 Å². The van der Waals surface area contributed by atoms with Gasteiger partial charge in [-0.2, -0.15) is 5.10 Å². The van der Waals surface area contributed by atoms with Crippen LogP contribution in [0.1, 0.15) is 24.4 Å². The van der Waals surface area contributed by atoms with Gasteiger partial charge >= 0.3 is 0 Å². The van der Waals surface area contributed by atoms with Crippen molar-refractivity contribution in [2.75, 3.05) is 13.7 Å². The Hall–Kier alpha value is -1.95. The molecule has 1 atom stereocenters. The van der Waals surface area contributed by atoms with E-state index in [2.05, 4.69) is 15.4 Å². The Morgan fingerprint density at radius 3 is 2.95 bits per heavy atom. The molecule has 6 heteroatoms. The Balaban J connectivity index is 2.51. The lowest BCUT2D eigenvalue weighted by Crippen LogP contribution is -2.26. The molecule has 2 aromatic heterocycles. The summed E-state index contributed by atoms with van der Waals surface area (Å²) in [6.45, 7) is 2.63. The molecule has 0 aliphatic carbocycles. The van der Waals surface area contributed by atoms with Gasteiger partial charge in [-0.05, 0) is 18.7 Å². The second kappa shape index (κ2) is 5.79. The van der Waals surface area contributed by atoms with Gasteiger partial charge in [0.25, 0.3) is 0 Å². The number of hydrogen-bond acceptors (Lipinski definition) is 4. The highest BCUT2D eigenvalue weighted by Gasteiger charge is 2.25. The van der Waals surface area contributed by atoms with Gasteiger partial charge in [0, 0.05) is 13.2 Å². The maximum absolute atomic E-state index is 13.9. The van der Waals surface area contributed by atoms with E-state index in [1.807, 2.05) is 6.92 Å². The molecule has 1 unspecified atom stereocenters. The van der Waals surface area contributed by atoms with Crippen LogP contribution in [0.3, 0.4) is 0 Å². The Bertz CT molecular complexity index is 555. The Labute approximate surface area is 111 Å². The number of hydrogen-bond donors (Lipinski definition) is 1. The van der Waals surface area contributed by atoms with Gasteiger partial charge in [0.15, 0.2) is 5.75 Å². The van der Waals surface area contributed by atoms with Crippen LogP contribution in [0.5, 0.6) is 5.75 Å². The number of nitrogens with one attached hydrogen (secondary N) is 1. The molecule has 2 rings (SSSR count). The fraction of sp³-hybridized carbons (Fsp3) is 0.385. The third kappa shape index (κ3) is 2.58. The lowest BCUT2D eigenvalue weighted by atomic mass is 10.1. The standard InChI is InChI=1S/C13H17FN4O/c1-4-15-12(11-9(14)6-5-7-16-11)13-10(19-3)8-17-18(13)2/h5-8,12,15H,4H2,1-3H3. The Kier molecular flexibility index (Phi) is 4.11. The number of aryl methyl sites for hydroxylation is 1. The van der Waals surface area contributed by atoms with Gasteiger partial charge in [0.1, 0.15) is 11.5 Å². The molecule has 5 nitrogen and oxygen atoms in total. The van der Waals surface area contributed by atoms with Gasteiger partial charge in [-0.15, -0.1) is 0 Å². The first kappa shape index (κ1) is 13.5. The van der Waals surface area contributed by atoms with Crippen molar-refractivity contribution in [1.29, 1.82) is 0 Å². The van der Waals surface area contributed by atoms with Gasteiger partial charge in [-0.25, -0.2) is 4.39 Å². The van der Waals surface area contributed by atoms with E-state index in [9.17, 15) is 4.39 Å². The van der Waals surface area contributed by atoms with Gasteiger partial charge in [-0.1, -0.05) is 6.92 Å². The summed E-state index contributed by atoms with van der Waals surface area (Å²) >= 11 is 0. The second-order valence-electron chi connectivity index (χ2n) is 4.08. The second-order valence-corrected chi connectivity index (χ2v) is 4.08. The van der Waals surface area contributed by atoms with Crippen LogP contribution in [0.2, 0.25) is 0 Å². The number of nitrogens with zero attached hydrogens (tertiary/aromatic N) is 3. The maximum atomic E-state index is 13.9. The summed E-state index contributed by atoms with van der Waals surface area (Å²) in [4.78, 5) is 4.14. The van der Waals surface area contributed by atoms with E-state index in [1.54, 1.807) is 37.3 Å². The predicted octanol–water partition coefficient (Wildman–Crippen LogP) is 1.66. The summed E-state index contributed by atoms with van der Waals surface area (Å²) < 4.78 is 20.9. The largest absolute Gasteiger partial charge is 0.493 e. The van der Waals surface area contributed by atoms with Crippen LogP contribution in [0.25, 0.3) is 0 Å². The fourth-order valence-corrected chi connectivity index (χ4v) is 2.05. The zero-order valence-electron chi connectivity index (χ0n) is 11.2. The van der Waals surface area contributed by atoms with Crippen LogP contribution < -0.4 is 10.1 Å². The van der Waals surface area contributed by atoms with Crippen LogP contribution in [0, 0.1) is 5.82 Å². The zero-order chi connectivity index (χ0) is 13.8. The summed E-state index contributed by atoms with van der Waals surface area (Å²) in [5.74, 6) is 0.259. The van der Waals surface area contributed by atoms with Crippen LogP contribution in [0.4, 0.5) is 4.39 Å². The quantitative estimate of drug-likeness (QED) is 0.892. The number of methoxy groups -OCH3 is 1. The van der Waals surface area contributed by atoms with Crippen molar-refractivity contribution < 1.29 is 9.13 Å². The van der Waals surface area contributed by atoms with E-state index in [1.165, 1.54) is 6.07 Å². The lowest BCUT2D eigenvalue weighted by molar-refractivity contribution is 0.398. The predicted molar refractivity (Wildman–Crippen MR) is 69.5 cm³/mol. The highest BCUT2D eigenvalue weighted by Crippen LogP contribution is 2.29. The molecular formula is C13H17FN4O. The molecule has 1 N–H and O–H groups in total. The molecule has 102 valence electrons. The van der Waals surface area contributed by atoms with E-state index in [0.717, 1.165) is 5.69 Å². The van der Waals surface area contributed by atoms with Crippen LogP contribution >= 0.6 is 0 Å². The molecule has 2 heterocycles. The number of halogens is 1. The highest BCUT2D eigenvalue weighted by atomic mass is 19.1.